The molecule has 1 aliphatic heterocycles. The first kappa shape index (κ1) is 20.4. The van der Waals surface area contributed by atoms with Gasteiger partial charge in [-0.25, -0.2) is 16.8 Å². The van der Waals surface area contributed by atoms with Crippen molar-refractivity contribution in [2.75, 3.05) is 17.2 Å². The minimum absolute atomic E-state index is 0.115. The summed E-state index contributed by atoms with van der Waals surface area (Å²) >= 11 is 0. The Morgan fingerprint density at radius 2 is 1.39 bits per heavy atom. The number of benzene rings is 2. The Morgan fingerprint density at radius 3 is 1.89 bits per heavy atom. The molecule has 2 aromatic carbocycles. The molecule has 0 saturated heterocycles. The molecule has 2 aromatic rings. The van der Waals surface area contributed by atoms with Crippen LogP contribution >= 0.6 is 0 Å². The molecule has 0 bridgehead atoms. The third-order valence-corrected chi connectivity index (χ3v) is 7.20. The number of sulfonamides is 2. The number of fused-ring (bicyclic) bond motifs is 2. The van der Waals surface area contributed by atoms with E-state index in [0.717, 1.165) is 4.13 Å². The highest BCUT2D eigenvalue weighted by molar-refractivity contribution is 8.05. The molecule has 28 heavy (non-hydrogen) atoms. The largest absolute Gasteiger partial charge is 0.512 e. The predicted octanol–water partition coefficient (Wildman–Crippen LogP) is 3.09. The molecule has 0 saturated carbocycles. The maximum absolute atomic E-state index is 12.4. The number of rotatable bonds is 6. The quantitative estimate of drug-likeness (QED) is 0.748. The molecule has 0 atom stereocenters. The Labute approximate surface area is 159 Å². The fourth-order valence-electron chi connectivity index (χ4n) is 2.69. The van der Waals surface area contributed by atoms with Gasteiger partial charge in [0.1, 0.15) is 0 Å². The summed E-state index contributed by atoms with van der Waals surface area (Å²) in [6, 6.07) is 14.0. The van der Waals surface area contributed by atoms with E-state index in [1.54, 1.807) is 53.4 Å². The average molecular weight is 436 g/mol. The maximum Gasteiger partial charge on any atom is 0.512 e. The smallest absolute Gasteiger partial charge is 0.453 e. The minimum atomic E-state index is -5.98. The van der Waals surface area contributed by atoms with Crippen molar-refractivity contribution >= 4 is 31.4 Å². The third kappa shape index (κ3) is 4.23. The number of halogens is 3. The highest BCUT2D eigenvalue weighted by Gasteiger charge is 2.48. The Kier molecular flexibility index (Phi) is 5.30. The number of hydrogen-bond acceptors (Lipinski definition) is 6. The Bertz CT molecular complexity index is 1040. The van der Waals surface area contributed by atoms with Crippen molar-refractivity contribution in [3.05, 3.63) is 48.5 Å². The summed E-state index contributed by atoms with van der Waals surface area (Å²) in [6.45, 7) is 0.115. The van der Waals surface area contributed by atoms with Crippen LogP contribution < -0.4 is 13.8 Å². The van der Waals surface area contributed by atoms with E-state index in [2.05, 4.69) is 0 Å². The number of alkyl halides is 3. The van der Waals surface area contributed by atoms with Crippen molar-refractivity contribution < 1.29 is 34.7 Å². The molecular weight excluding hydrogens is 421 g/mol. The SMILES string of the molecule is O=S(=O)(CCCN1c2ccccc2Oc2ccccc21)NS(=O)(=O)C(F)(F)F. The molecule has 1 N–H and O–H groups in total. The van der Waals surface area contributed by atoms with Crippen molar-refractivity contribution in [2.24, 2.45) is 0 Å². The highest BCUT2D eigenvalue weighted by Crippen LogP contribution is 2.46. The Morgan fingerprint density at radius 1 is 0.893 bits per heavy atom. The van der Waals surface area contributed by atoms with E-state index in [9.17, 15) is 30.0 Å². The molecule has 152 valence electrons. The van der Waals surface area contributed by atoms with Gasteiger partial charge in [0.25, 0.3) is 0 Å². The van der Waals surface area contributed by atoms with Crippen LogP contribution in [0.5, 0.6) is 11.5 Å². The molecule has 0 aliphatic carbocycles. The number of nitrogens with zero attached hydrogens (tertiary/aromatic N) is 1. The van der Waals surface area contributed by atoms with Gasteiger partial charge in [0.05, 0.1) is 17.1 Å². The van der Waals surface area contributed by atoms with E-state index in [4.69, 9.17) is 4.74 Å². The molecule has 3 rings (SSSR count). The molecular formula is C16H15F3N2O5S2. The Hall–Kier alpha value is -2.31. The van der Waals surface area contributed by atoms with E-state index < -0.39 is 31.3 Å². The first-order chi connectivity index (χ1) is 13.0. The standard InChI is InChI=1S/C16H15F3N2O5S2/c17-16(18,19)28(24,25)20-27(22,23)11-5-10-21-12-6-1-3-8-14(12)26-15-9-4-2-7-13(15)21/h1-4,6-9,20H,5,10-11H2. The molecule has 0 aromatic heterocycles. The first-order valence-corrected chi connectivity index (χ1v) is 11.1. The van der Waals surface area contributed by atoms with Crippen molar-refractivity contribution in [1.82, 2.24) is 4.13 Å². The third-order valence-electron chi connectivity index (χ3n) is 3.87. The lowest BCUT2D eigenvalue weighted by Crippen LogP contribution is -2.41. The van der Waals surface area contributed by atoms with Crippen LogP contribution in [-0.2, 0) is 20.0 Å². The van der Waals surface area contributed by atoms with Crippen molar-refractivity contribution in [2.45, 2.75) is 11.9 Å². The summed E-state index contributed by atoms with van der Waals surface area (Å²) in [5.74, 6) is 0.285. The topological polar surface area (TPSA) is 92.8 Å². The van der Waals surface area contributed by atoms with Gasteiger partial charge >= 0.3 is 15.5 Å². The lowest BCUT2D eigenvalue weighted by molar-refractivity contribution is -0.0441. The van der Waals surface area contributed by atoms with Crippen LogP contribution in [0.2, 0.25) is 0 Å². The van der Waals surface area contributed by atoms with E-state index in [1.807, 2.05) is 0 Å². The van der Waals surface area contributed by atoms with Crippen molar-refractivity contribution in [3.8, 4) is 11.5 Å². The number of para-hydroxylation sites is 4. The molecule has 0 radical (unpaired) electrons. The van der Waals surface area contributed by atoms with Crippen LogP contribution in [0.15, 0.2) is 48.5 Å². The second kappa shape index (κ2) is 7.26. The first-order valence-electron chi connectivity index (χ1n) is 7.96. The second-order valence-corrected chi connectivity index (χ2v) is 9.67. The normalized spacial score (nSPS) is 14.2. The van der Waals surface area contributed by atoms with Crippen molar-refractivity contribution in [3.63, 3.8) is 0 Å². The molecule has 0 unspecified atom stereocenters. The summed E-state index contributed by atoms with van der Waals surface area (Å²) < 4.78 is 89.2. The molecule has 7 nitrogen and oxygen atoms in total. The van der Waals surface area contributed by atoms with Gasteiger partial charge in [-0.1, -0.05) is 24.3 Å². The average Bonchev–Trinajstić information content (AvgIpc) is 2.59. The van der Waals surface area contributed by atoms with Gasteiger partial charge in [-0.05, 0) is 30.7 Å². The molecule has 1 aliphatic rings. The maximum atomic E-state index is 12.4. The predicted molar refractivity (Wildman–Crippen MR) is 96.5 cm³/mol. The fraction of sp³-hybridized carbons (Fsp3) is 0.250. The lowest BCUT2D eigenvalue weighted by atomic mass is 10.1. The van der Waals surface area contributed by atoms with E-state index >= 15 is 0 Å². The second-order valence-electron chi connectivity index (χ2n) is 5.89. The van der Waals surface area contributed by atoms with Crippen LogP contribution in [-0.4, -0.2) is 34.6 Å². The number of hydrogen-bond donors (Lipinski definition) is 1. The highest BCUT2D eigenvalue weighted by atomic mass is 32.3. The summed E-state index contributed by atoms with van der Waals surface area (Å²) in [4.78, 5) is 1.77. The van der Waals surface area contributed by atoms with E-state index in [-0.39, 0.29) is 13.0 Å². The van der Waals surface area contributed by atoms with Crippen LogP contribution in [0.1, 0.15) is 6.42 Å². The van der Waals surface area contributed by atoms with Crippen LogP contribution in [0, 0.1) is 0 Å². The molecule has 0 spiro atoms. The van der Waals surface area contributed by atoms with Gasteiger partial charge in [-0.15, -0.1) is 4.13 Å². The van der Waals surface area contributed by atoms with Gasteiger partial charge in [-0.3, -0.25) is 0 Å². The van der Waals surface area contributed by atoms with Gasteiger partial charge in [-0.2, -0.15) is 13.2 Å². The van der Waals surface area contributed by atoms with Crippen LogP contribution in [0.25, 0.3) is 0 Å². The van der Waals surface area contributed by atoms with Gasteiger partial charge in [0.15, 0.2) is 11.5 Å². The zero-order valence-electron chi connectivity index (χ0n) is 14.2. The molecule has 0 amide bonds. The zero-order valence-corrected chi connectivity index (χ0v) is 15.8. The summed E-state index contributed by atoms with van der Waals surface area (Å²) in [6.07, 6.45) is -0.120. The molecule has 12 heteroatoms. The van der Waals surface area contributed by atoms with Crippen molar-refractivity contribution in [1.29, 1.82) is 0 Å². The van der Waals surface area contributed by atoms with Gasteiger partial charge in [0, 0.05) is 6.54 Å². The summed E-state index contributed by atoms with van der Waals surface area (Å²) in [5.41, 5.74) is -4.38. The number of nitrogens with one attached hydrogen (secondary N) is 1. The fourth-order valence-corrected chi connectivity index (χ4v) is 5.25. The van der Waals surface area contributed by atoms with E-state index in [0.29, 0.717) is 22.9 Å². The molecule has 1 heterocycles. The van der Waals surface area contributed by atoms with Crippen LogP contribution in [0.3, 0.4) is 0 Å². The minimum Gasteiger partial charge on any atom is -0.453 e. The number of anilines is 2. The number of ether oxygens (including phenoxy) is 1. The van der Waals surface area contributed by atoms with Gasteiger partial charge < -0.3 is 9.64 Å². The summed E-state index contributed by atoms with van der Waals surface area (Å²) in [5, 5.41) is 0. The summed E-state index contributed by atoms with van der Waals surface area (Å²) in [7, 11) is -10.7. The van der Waals surface area contributed by atoms with Gasteiger partial charge in [0.2, 0.25) is 10.0 Å². The van der Waals surface area contributed by atoms with Crippen LogP contribution in [0.4, 0.5) is 24.5 Å². The monoisotopic (exact) mass is 436 g/mol. The zero-order chi connectivity index (χ0) is 20.6. The lowest BCUT2D eigenvalue weighted by Gasteiger charge is -2.32. The van der Waals surface area contributed by atoms with E-state index in [1.165, 1.54) is 0 Å². The Balaban J connectivity index is 1.75. The molecule has 0 fully saturated rings.